The first-order chi connectivity index (χ1) is 19.3. The van der Waals surface area contributed by atoms with Gasteiger partial charge in [-0.2, -0.15) is 13.2 Å². The molecule has 1 aromatic heterocycles. The molecule has 0 fully saturated rings. The lowest BCUT2D eigenvalue weighted by molar-refractivity contribution is -0.181. The van der Waals surface area contributed by atoms with Gasteiger partial charge in [0.1, 0.15) is 18.4 Å². The fraction of sp³-hybridized carbons (Fsp3) is 0.321. The SMILES string of the molecule is CO[C@@H](C)C[C@@H](C(=O)Nc1ccc(C(N)=O)cc1)n1cc2c(cc1=O)-c1c(ccc(Cl)c1Cl)C[C@@H](C(F)(F)F)CO2. The Hall–Kier alpha value is -3.54. The highest BCUT2D eigenvalue weighted by Gasteiger charge is 2.42. The maximum absolute atomic E-state index is 13.9. The molecule has 0 radical (unpaired) electrons. The fourth-order valence-electron chi connectivity index (χ4n) is 4.56. The van der Waals surface area contributed by atoms with Crippen molar-refractivity contribution in [3.05, 3.63) is 80.2 Å². The number of amides is 2. The summed E-state index contributed by atoms with van der Waals surface area (Å²) >= 11 is 12.7. The van der Waals surface area contributed by atoms with Crippen molar-refractivity contribution in [3.8, 4) is 16.9 Å². The quantitative estimate of drug-likeness (QED) is 0.359. The number of nitrogens with one attached hydrogen (secondary N) is 1. The molecule has 13 heteroatoms. The summed E-state index contributed by atoms with van der Waals surface area (Å²) in [5, 5.41) is 2.77. The van der Waals surface area contributed by atoms with Gasteiger partial charge in [-0.05, 0) is 49.2 Å². The van der Waals surface area contributed by atoms with Gasteiger partial charge in [0.05, 0.1) is 28.3 Å². The van der Waals surface area contributed by atoms with Gasteiger partial charge in [0.15, 0.2) is 0 Å². The number of rotatable bonds is 7. The normalized spacial score (nSPS) is 16.3. The number of primary amides is 1. The van der Waals surface area contributed by atoms with E-state index in [1.807, 2.05) is 0 Å². The maximum atomic E-state index is 13.9. The lowest BCUT2D eigenvalue weighted by Gasteiger charge is -2.28. The van der Waals surface area contributed by atoms with Gasteiger partial charge in [-0.25, -0.2) is 0 Å². The highest BCUT2D eigenvalue weighted by molar-refractivity contribution is 6.44. The van der Waals surface area contributed by atoms with Crippen LogP contribution in [0.25, 0.3) is 11.1 Å². The zero-order valence-corrected chi connectivity index (χ0v) is 23.4. The van der Waals surface area contributed by atoms with E-state index in [0.29, 0.717) is 5.69 Å². The number of benzene rings is 2. The molecule has 0 unspecified atom stereocenters. The molecule has 0 bridgehead atoms. The summed E-state index contributed by atoms with van der Waals surface area (Å²) in [6.07, 6.45) is -4.24. The van der Waals surface area contributed by atoms with Crippen molar-refractivity contribution < 1.29 is 32.2 Å². The minimum Gasteiger partial charge on any atom is -0.491 e. The predicted molar refractivity (Wildman–Crippen MR) is 149 cm³/mol. The molecule has 2 aromatic carbocycles. The number of hydrogen-bond donors (Lipinski definition) is 2. The van der Waals surface area contributed by atoms with Crippen LogP contribution in [0.3, 0.4) is 0 Å². The minimum atomic E-state index is -4.57. The number of alkyl halides is 3. The number of anilines is 1. The molecule has 1 aliphatic heterocycles. The second kappa shape index (κ2) is 12.1. The fourth-order valence-corrected chi connectivity index (χ4v) is 5.00. The van der Waals surface area contributed by atoms with Crippen molar-refractivity contribution in [2.45, 2.75) is 38.1 Å². The summed E-state index contributed by atoms with van der Waals surface area (Å²) in [6.45, 7) is 0.981. The van der Waals surface area contributed by atoms with E-state index in [4.69, 9.17) is 38.4 Å². The van der Waals surface area contributed by atoms with Crippen molar-refractivity contribution in [2.75, 3.05) is 19.0 Å². The zero-order chi connectivity index (χ0) is 30.1. The summed E-state index contributed by atoms with van der Waals surface area (Å²) in [7, 11) is 1.44. The summed E-state index contributed by atoms with van der Waals surface area (Å²) < 4.78 is 53.6. The molecule has 3 atom stereocenters. The van der Waals surface area contributed by atoms with Crippen LogP contribution in [0.1, 0.15) is 35.3 Å². The molecule has 2 heterocycles. The van der Waals surface area contributed by atoms with Crippen molar-refractivity contribution >= 4 is 40.7 Å². The number of nitrogens with zero attached hydrogens (tertiary/aromatic N) is 1. The van der Waals surface area contributed by atoms with Crippen LogP contribution in [-0.2, 0) is 16.0 Å². The lowest BCUT2D eigenvalue weighted by Crippen LogP contribution is -2.36. The second-order valence-corrected chi connectivity index (χ2v) is 10.5. The monoisotopic (exact) mass is 611 g/mol. The summed E-state index contributed by atoms with van der Waals surface area (Å²) in [5.74, 6) is -3.18. The van der Waals surface area contributed by atoms with Crippen LogP contribution in [0.5, 0.6) is 5.75 Å². The molecule has 8 nitrogen and oxygen atoms in total. The van der Waals surface area contributed by atoms with E-state index in [1.165, 1.54) is 55.8 Å². The van der Waals surface area contributed by atoms with Crippen molar-refractivity contribution in [2.24, 2.45) is 11.7 Å². The molecule has 218 valence electrons. The number of methoxy groups -OCH3 is 1. The molecule has 0 saturated heterocycles. The molecule has 4 rings (SSSR count). The van der Waals surface area contributed by atoms with E-state index in [1.54, 1.807) is 6.92 Å². The van der Waals surface area contributed by atoms with Crippen LogP contribution >= 0.6 is 23.2 Å². The van der Waals surface area contributed by atoms with E-state index in [9.17, 15) is 27.6 Å². The van der Waals surface area contributed by atoms with E-state index < -0.39 is 54.6 Å². The number of carbonyl (C=O) groups excluding carboxylic acids is 2. The first-order valence-electron chi connectivity index (χ1n) is 12.5. The smallest absolute Gasteiger partial charge is 0.395 e. The maximum Gasteiger partial charge on any atom is 0.395 e. The number of halogens is 5. The summed E-state index contributed by atoms with van der Waals surface area (Å²) in [5.41, 5.74) is 5.77. The average molecular weight is 612 g/mol. The highest BCUT2D eigenvalue weighted by Crippen LogP contribution is 2.44. The topological polar surface area (TPSA) is 113 Å². The van der Waals surface area contributed by atoms with Crippen LogP contribution in [0.15, 0.2) is 53.5 Å². The molecular weight excluding hydrogens is 586 g/mol. The largest absolute Gasteiger partial charge is 0.491 e. The van der Waals surface area contributed by atoms with Crippen LogP contribution in [0.2, 0.25) is 10.0 Å². The standard InChI is InChI=1S/C28H26Cl2F3N3O5/c1-14(40-2)9-21(27(39)35-18-6-3-15(4-7-18)26(34)38)36-12-22-19(11-23(36)37)24-16(5-8-20(29)25(24)30)10-17(13-41-22)28(31,32)33/h3-8,11-12,14,17,21H,9-10,13H2,1-2H3,(H2,34,38)(H,35,39)/t14-,17+,21-/m0/s1. The minimum absolute atomic E-state index is 0.0179. The molecule has 3 N–H and O–H groups in total. The average Bonchev–Trinajstić information content (AvgIpc) is 2.90. The first-order valence-corrected chi connectivity index (χ1v) is 13.2. The zero-order valence-electron chi connectivity index (χ0n) is 21.9. The molecule has 1 aliphatic rings. The van der Waals surface area contributed by atoms with E-state index in [2.05, 4.69) is 5.32 Å². The first kappa shape index (κ1) is 30.4. The van der Waals surface area contributed by atoms with Crippen LogP contribution in [-0.4, -0.2) is 42.4 Å². The Morgan fingerprint density at radius 3 is 2.49 bits per heavy atom. The molecule has 0 aliphatic carbocycles. The van der Waals surface area contributed by atoms with E-state index in [-0.39, 0.29) is 44.5 Å². The highest BCUT2D eigenvalue weighted by atomic mass is 35.5. The number of aromatic nitrogens is 1. The van der Waals surface area contributed by atoms with Crippen LogP contribution in [0, 0.1) is 5.92 Å². The molecule has 0 spiro atoms. The van der Waals surface area contributed by atoms with Gasteiger partial charge in [-0.3, -0.25) is 19.0 Å². The Kier molecular flexibility index (Phi) is 9.00. The Morgan fingerprint density at radius 2 is 1.88 bits per heavy atom. The Bertz CT molecular complexity index is 1530. The van der Waals surface area contributed by atoms with Crippen LogP contribution < -0.4 is 21.3 Å². The van der Waals surface area contributed by atoms with E-state index >= 15 is 0 Å². The Labute approximate surface area is 243 Å². The molecular formula is C28H26Cl2F3N3O5. The van der Waals surface area contributed by atoms with Gasteiger partial charge in [0.25, 0.3) is 5.56 Å². The Balaban J connectivity index is 1.81. The van der Waals surface area contributed by atoms with Gasteiger partial charge in [0.2, 0.25) is 11.8 Å². The molecule has 41 heavy (non-hydrogen) atoms. The van der Waals surface area contributed by atoms with Crippen molar-refractivity contribution in [3.63, 3.8) is 0 Å². The molecule has 0 saturated carbocycles. The van der Waals surface area contributed by atoms with Crippen molar-refractivity contribution in [1.82, 2.24) is 4.57 Å². The van der Waals surface area contributed by atoms with Gasteiger partial charge in [0, 0.05) is 42.0 Å². The van der Waals surface area contributed by atoms with Gasteiger partial charge < -0.3 is 20.5 Å². The van der Waals surface area contributed by atoms with E-state index in [0.717, 1.165) is 4.57 Å². The van der Waals surface area contributed by atoms with Gasteiger partial charge in [-0.1, -0.05) is 29.3 Å². The Morgan fingerprint density at radius 1 is 1.20 bits per heavy atom. The molecule has 3 aromatic rings. The third-order valence-electron chi connectivity index (χ3n) is 6.90. The predicted octanol–water partition coefficient (Wildman–Crippen LogP) is 5.64. The third-order valence-corrected chi connectivity index (χ3v) is 7.70. The van der Waals surface area contributed by atoms with Gasteiger partial charge in [-0.15, -0.1) is 0 Å². The molecule has 2 amide bonds. The number of ether oxygens (including phenoxy) is 2. The lowest BCUT2D eigenvalue weighted by atomic mass is 9.90. The van der Waals surface area contributed by atoms with Crippen LogP contribution in [0.4, 0.5) is 18.9 Å². The third kappa shape index (κ3) is 6.69. The number of fused-ring (bicyclic) bond motifs is 3. The summed E-state index contributed by atoms with van der Waals surface area (Å²) in [6, 6.07) is 8.68. The number of pyridine rings is 1. The number of nitrogens with two attached hydrogens (primary N) is 1. The van der Waals surface area contributed by atoms with Crippen molar-refractivity contribution in [1.29, 1.82) is 0 Å². The van der Waals surface area contributed by atoms with Gasteiger partial charge >= 0.3 is 6.18 Å². The number of hydrogen-bond acceptors (Lipinski definition) is 5. The second-order valence-electron chi connectivity index (χ2n) is 9.67. The number of carbonyl (C=O) groups is 2. The summed E-state index contributed by atoms with van der Waals surface area (Å²) in [4.78, 5) is 38.3.